The number of hydrogen-bond acceptors (Lipinski definition) is 5. The molecule has 0 saturated carbocycles. The highest BCUT2D eigenvalue weighted by atomic mass is 35.5. The molecule has 1 amide bonds. The van der Waals surface area contributed by atoms with E-state index in [1.165, 1.54) is 7.05 Å². The zero-order chi connectivity index (χ0) is 19.4. The predicted octanol–water partition coefficient (Wildman–Crippen LogP) is 0.813. The highest BCUT2D eigenvalue weighted by molar-refractivity contribution is 6.32. The molecule has 1 aromatic rings. The smallest absolute Gasteiger partial charge is 0.255 e. The predicted molar refractivity (Wildman–Crippen MR) is 106 cm³/mol. The second kappa shape index (κ2) is 7.85. The lowest BCUT2D eigenvalue weighted by Gasteiger charge is -2.10. The van der Waals surface area contributed by atoms with Gasteiger partial charge in [0.25, 0.3) is 5.91 Å². The molecule has 0 aromatic heterocycles. The standard InChI is InChI=1S/C18H21ClN6O/c1-25-17(23)16(18(24)26)14(21)6-5-9-7-15(22)11(8-12(9)19)10-3-2-4-13(10)20/h7-8H,2-4,20-22H2,1H3,(H2,23,25)(H2,24,26)/b16-14+. The van der Waals surface area contributed by atoms with Crippen molar-refractivity contribution in [3.8, 4) is 11.8 Å². The first kappa shape index (κ1) is 19.2. The van der Waals surface area contributed by atoms with Crippen LogP contribution in [0.1, 0.15) is 30.4 Å². The number of aliphatic imine (C=N–C) groups is 1. The van der Waals surface area contributed by atoms with Crippen LogP contribution in [0.5, 0.6) is 0 Å². The number of rotatable bonds is 3. The van der Waals surface area contributed by atoms with Gasteiger partial charge in [-0.05, 0) is 42.9 Å². The summed E-state index contributed by atoms with van der Waals surface area (Å²) >= 11 is 6.32. The average Bonchev–Trinajstić information content (AvgIpc) is 3.00. The van der Waals surface area contributed by atoms with E-state index in [-0.39, 0.29) is 17.1 Å². The van der Waals surface area contributed by atoms with Crippen molar-refractivity contribution in [3.05, 3.63) is 45.2 Å². The van der Waals surface area contributed by atoms with Crippen LogP contribution in [-0.4, -0.2) is 18.8 Å². The van der Waals surface area contributed by atoms with Crippen LogP contribution >= 0.6 is 11.6 Å². The number of allylic oxidation sites excluding steroid dienone is 3. The number of carbonyl (C=O) groups is 1. The first-order valence-electron chi connectivity index (χ1n) is 7.87. The lowest BCUT2D eigenvalue weighted by atomic mass is 10.0. The van der Waals surface area contributed by atoms with Crippen molar-refractivity contribution < 1.29 is 4.79 Å². The summed E-state index contributed by atoms with van der Waals surface area (Å²) in [6, 6.07) is 3.39. The molecule has 1 aliphatic carbocycles. The van der Waals surface area contributed by atoms with Gasteiger partial charge in [0.1, 0.15) is 11.4 Å². The lowest BCUT2D eigenvalue weighted by molar-refractivity contribution is -0.114. The van der Waals surface area contributed by atoms with Crippen molar-refractivity contribution in [2.24, 2.45) is 27.9 Å². The van der Waals surface area contributed by atoms with Crippen LogP contribution in [0.3, 0.4) is 0 Å². The summed E-state index contributed by atoms with van der Waals surface area (Å²) in [5.74, 6) is 4.51. The van der Waals surface area contributed by atoms with Gasteiger partial charge in [-0.2, -0.15) is 0 Å². The van der Waals surface area contributed by atoms with Crippen LogP contribution in [0.15, 0.2) is 34.1 Å². The molecule has 1 aliphatic rings. The first-order chi connectivity index (χ1) is 12.3. The van der Waals surface area contributed by atoms with Crippen molar-refractivity contribution in [1.29, 1.82) is 0 Å². The van der Waals surface area contributed by atoms with E-state index in [4.69, 9.17) is 40.3 Å². The molecule has 0 radical (unpaired) electrons. The second-order valence-electron chi connectivity index (χ2n) is 5.79. The Morgan fingerprint density at radius 1 is 1.19 bits per heavy atom. The molecule has 1 aromatic carbocycles. The fraction of sp³-hybridized carbons (Fsp3) is 0.222. The summed E-state index contributed by atoms with van der Waals surface area (Å²) in [6.07, 6.45) is 2.72. The molecule has 7 nitrogen and oxygen atoms in total. The molecule has 0 fully saturated rings. The van der Waals surface area contributed by atoms with Crippen molar-refractivity contribution in [1.82, 2.24) is 0 Å². The van der Waals surface area contributed by atoms with Gasteiger partial charge in [-0.3, -0.25) is 9.79 Å². The number of amidine groups is 1. The number of carbonyl (C=O) groups excluding carboxylic acids is 1. The number of anilines is 1. The quantitative estimate of drug-likeness (QED) is 0.174. The molecule has 136 valence electrons. The van der Waals surface area contributed by atoms with E-state index in [0.717, 1.165) is 36.1 Å². The zero-order valence-corrected chi connectivity index (χ0v) is 15.2. The van der Waals surface area contributed by atoms with Crippen molar-refractivity contribution >= 4 is 34.6 Å². The number of nitrogens with two attached hydrogens (primary N) is 5. The Kier molecular flexibility index (Phi) is 5.80. The van der Waals surface area contributed by atoms with Gasteiger partial charge in [0.2, 0.25) is 0 Å². The molecule has 8 heteroatoms. The average molecular weight is 373 g/mol. The maximum Gasteiger partial charge on any atom is 0.255 e. The second-order valence-corrected chi connectivity index (χ2v) is 6.20. The summed E-state index contributed by atoms with van der Waals surface area (Å²) in [5.41, 5.74) is 32.3. The lowest BCUT2D eigenvalue weighted by Crippen LogP contribution is -2.29. The van der Waals surface area contributed by atoms with E-state index in [0.29, 0.717) is 16.3 Å². The molecule has 10 N–H and O–H groups in total. The van der Waals surface area contributed by atoms with Crippen LogP contribution in [0.2, 0.25) is 5.02 Å². The summed E-state index contributed by atoms with van der Waals surface area (Å²) < 4.78 is 0. The van der Waals surface area contributed by atoms with Crippen molar-refractivity contribution in [2.45, 2.75) is 19.3 Å². The summed E-state index contributed by atoms with van der Waals surface area (Å²) in [5, 5.41) is 0.402. The number of nitrogens with zero attached hydrogens (tertiary/aromatic N) is 1. The molecule has 0 saturated heterocycles. The van der Waals surface area contributed by atoms with Gasteiger partial charge in [0, 0.05) is 29.6 Å². The number of halogens is 1. The highest BCUT2D eigenvalue weighted by Gasteiger charge is 2.17. The summed E-state index contributed by atoms with van der Waals surface area (Å²) in [4.78, 5) is 15.2. The third-order valence-corrected chi connectivity index (χ3v) is 4.38. The Morgan fingerprint density at radius 3 is 2.42 bits per heavy atom. The van der Waals surface area contributed by atoms with Crippen LogP contribution in [0.25, 0.3) is 5.57 Å². The Labute approximate surface area is 156 Å². The molecule has 0 spiro atoms. The van der Waals surface area contributed by atoms with Gasteiger partial charge in [0.15, 0.2) is 0 Å². The first-order valence-corrected chi connectivity index (χ1v) is 8.25. The molecule has 0 bridgehead atoms. The van der Waals surface area contributed by atoms with Gasteiger partial charge < -0.3 is 28.7 Å². The fourth-order valence-corrected chi connectivity index (χ4v) is 2.94. The number of amides is 1. The molecule has 0 atom stereocenters. The third kappa shape index (κ3) is 3.92. The van der Waals surface area contributed by atoms with E-state index in [9.17, 15) is 4.79 Å². The van der Waals surface area contributed by atoms with Crippen LogP contribution in [0, 0.1) is 11.8 Å². The van der Waals surface area contributed by atoms with Gasteiger partial charge in [-0.1, -0.05) is 17.5 Å². The molecule has 26 heavy (non-hydrogen) atoms. The normalized spacial score (nSPS) is 15.4. The highest BCUT2D eigenvalue weighted by Crippen LogP contribution is 2.36. The topological polar surface area (TPSA) is 160 Å². The maximum atomic E-state index is 11.5. The van der Waals surface area contributed by atoms with Gasteiger partial charge in [-0.15, -0.1) is 0 Å². The van der Waals surface area contributed by atoms with E-state index >= 15 is 0 Å². The van der Waals surface area contributed by atoms with Crippen LogP contribution < -0.4 is 28.7 Å². The van der Waals surface area contributed by atoms with Crippen molar-refractivity contribution in [3.63, 3.8) is 0 Å². The minimum Gasteiger partial charge on any atom is -0.402 e. The third-order valence-electron chi connectivity index (χ3n) is 4.07. The van der Waals surface area contributed by atoms with E-state index in [1.54, 1.807) is 12.1 Å². The minimum absolute atomic E-state index is 0.0890. The summed E-state index contributed by atoms with van der Waals surface area (Å²) in [6.45, 7) is 0. The molecule has 0 unspecified atom stereocenters. The van der Waals surface area contributed by atoms with Gasteiger partial charge >= 0.3 is 0 Å². The maximum absolute atomic E-state index is 11.5. The monoisotopic (exact) mass is 372 g/mol. The SMILES string of the molecule is CN=C(N)/C(C(N)=O)=C(\N)C#Cc1cc(N)c(C2=C(N)CCC2)cc1Cl. The minimum atomic E-state index is -0.815. The number of hydrogen-bond donors (Lipinski definition) is 5. The van der Waals surface area contributed by atoms with Gasteiger partial charge in [-0.25, -0.2) is 0 Å². The fourth-order valence-electron chi connectivity index (χ4n) is 2.73. The Morgan fingerprint density at radius 2 is 1.88 bits per heavy atom. The largest absolute Gasteiger partial charge is 0.402 e. The Bertz CT molecular complexity index is 918. The van der Waals surface area contributed by atoms with E-state index in [1.807, 2.05) is 0 Å². The molecule has 0 aliphatic heterocycles. The molecular weight excluding hydrogens is 352 g/mol. The van der Waals surface area contributed by atoms with Crippen molar-refractivity contribution in [2.75, 3.05) is 12.8 Å². The van der Waals surface area contributed by atoms with Crippen LogP contribution in [0.4, 0.5) is 5.69 Å². The Hall–Kier alpha value is -3.11. The number of primary amides is 1. The van der Waals surface area contributed by atoms with E-state index in [2.05, 4.69) is 16.8 Å². The summed E-state index contributed by atoms with van der Waals surface area (Å²) in [7, 11) is 1.42. The van der Waals surface area contributed by atoms with Gasteiger partial charge in [0.05, 0.1) is 10.7 Å². The number of nitrogen functional groups attached to an aromatic ring is 1. The molecule has 2 rings (SSSR count). The Balaban J connectivity index is 2.47. The zero-order valence-electron chi connectivity index (χ0n) is 14.4. The van der Waals surface area contributed by atoms with Crippen LogP contribution in [-0.2, 0) is 4.79 Å². The van der Waals surface area contributed by atoms with E-state index < -0.39 is 5.91 Å². The molecule has 0 heterocycles. The number of benzene rings is 1. The molecular formula is C18H21ClN6O.